The van der Waals surface area contributed by atoms with Gasteiger partial charge in [-0.15, -0.1) is 0 Å². The van der Waals surface area contributed by atoms with Gasteiger partial charge in [0.25, 0.3) is 0 Å². The molecule has 0 bridgehead atoms. The van der Waals surface area contributed by atoms with Gasteiger partial charge in [0.2, 0.25) is 10.0 Å². The molecule has 3 aromatic carbocycles. The third kappa shape index (κ3) is 3.87. The van der Waals surface area contributed by atoms with Crippen molar-refractivity contribution in [2.45, 2.75) is 4.90 Å². The van der Waals surface area contributed by atoms with Gasteiger partial charge in [-0.05, 0) is 47.9 Å². The molecular formula is C17H15N3O4S. The van der Waals surface area contributed by atoms with Gasteiger partial charge in [-0.2, -0.15) is 0 Å². The molecule has 8 heteroatoms. The first kappa shape index (κ1) is 16.7. The van der Waals surface area contributed by atoms with Crippen LogP contribution < -0.4 is 15.8 Å². The Bertz CT molecular complexity index is 1060. The minimum absolute atomic E-state index is 0.0917. The predicted octanol–water partition coefficient (Wildman–Crippen LogP) is 2.84. The molecule has 128 valence electrons. The third-order valence-electron chi connectivity index (χ3n) is 3.53. The number of rotatable bonds is 3. The molecule has 0 unspecified atom stereocenters. The van der Waals surface area contributed by atoms with Gasteiger partial charge in [-0.3, -0.25) is 0 Å². The molecule has 0 spiro atoms. The first-order valence-corrected chi connectivity index (χ1v) is 8.80. The number of carbonyl (C=O) groups is 1. The van der Waals surface area contributed by atoms with E-state index >= 15 is 0 Å². The number of hydrogen-bond acceptors (Lipinski definition) is 4. The van der Waals surface area contributed by atoms with Gasteiger partial charge in [0.15, 0.2) is 0 Å². The highest BCUT2D eigenvalue weighted by atomic mass is 32.2. The minimum atomic E-state index is -3.85. The molecule has 0 atom stereocenters. The van der Waals surface area contributed by atoms with Crippen LogP contribution in [-0.4, -0.2) is 19.6 Å². The molecule has 0 saturated carbocycles. The maximum absolute atomic E-state index is 12.2. The van der Waals surface area contributed by atoms with Crippen LogP contribution in [0.15, 0.2) is 65.6 Å². The van der Waals surface area contributed by atoms with Crippen LogP contribution in [0.3, 0.4) is 0 Å². The Balaban J connectivity index is 1.82. The number of anilines is 2. The van der Waals surface area contributed by atoms with Crippen molar-refractivity contribution < 1.29 is 18.3 Å². The van der Waals surface area contributed by atoms with Crippen molar-refractivity contribution in [3.05, 3.63) is 60.7 Å². The second-order valence-corrected chi connectivity index (χ2v) is 6.92. The number of amides is 2. The van der Waals surface area contributed by atoms with Crippen LogP contribution in [0.1, 0.15) is 0 Å². The normalized spacial score (nSPS) is 11.2. The SMILES string of the molecule is NS(=O)(=O)c1cccc(NC(=O)Nc2cccc3cc(O)ccc23)c1. The predicted molar refractivity (Wildman–Crippen MR) is 96.1 cm³/mol. The molecule has 7 nitrogen and oxygen atoms in total. The molecule has 25 heavy (non-hydrogen) atoms. The number of benzene rings is 3. The van der Waals surface area contributed by atoms with E-state index in [4.69, 9.17) is 5.14 Å². The molecule has 3 rings (SSSR count). The van der Waals surface area contributed by atoms with Gasteiger partial charge in [-0.25, -0.2) is 18.4 Å². The largest absolute Gasteiger partial charge is 0.508 e. The topological polar surface area (TPSA) is 122 Å². The van der Waals surface area contributed by atoms with Crippen molar-refractivity contribution in [1.29, 1.82) is 0 Å². The summed E-state index contributed by atoms with van der Waals surface area (Å²) in [5.74, 6) is 0.133. The van der Waals surface area contributed by atoms with Crippen molar-refractivity contribution in [3.63, 3.8) is 0 Å². The Morgan fingerprint density at radius 2 is 1.72 bits per heavy atom. The first-order valence-electron chi connectivity index (χ1n) is 7.25. The van der Waals surface area contributed by atoms with Gasteiger partial charge in [-0.1, -0.05) is 18.2 Å². The number of hydrogen-bond donors (Lipinski definition) is 4. The highest BCUT2D eigenvalue weighted by molar-refractivity contribution is 7.89. The molecule has 3 aromatic rings. The second-order valence-electron chi connectivity index (χ2n) is 5.36. The van der Waals surface area contributed by atoms with Crippen LogP contribution in [0, 0.1) is 0 Å². The number of fused-ring (bicyclic) bond motifs is 1. The lowest BCUT2D eigenvalue weighted by Crippen LogP contribution is -2.20. The summed E-state index contributed by atoms with van der Waals surface area (Å²) in [5.41, 5.74) is 0.847. The molecule has 0 fully saturated rings. The number of urea groups is 1. The number of carbonyl (C=O) groups excluding carboxylic acids is 1. The molecule has 0 saturated heterocycles. The van der Waals surface area contributed by atoms with Gasteiger partial charge in [0.1, 0.15) is 5.75 Å². The zero-order chi connectivity index (χ0) is 18.0. The summed E-state index contributed by atoms with van der Waals surface area (Å²) >= 11 is 0. The monoisotopic (exact) mass is 357 g/mol. The Morgan fingerprint density at radius 3 is 2.48 bits per heavy atom. The number of nitrogens with one attached hydrogen (secondary N) is 2. The Morgan fingerprint density at radius 1 is 0.960 bits per heavy atom. The van der Waals surface area contributed by atoms with E-state index in [1.165, 1.54) is 24.3 Å². The lowest BCUT2D eigenvalue weighted by Gasteiger charge is -2.11. The quantitative estimate of drug-likeness (QED) is 0.576. The Labute approximate surface area is 144 Å². The second kappa shape index (κ2) is 6.42. The van der Waals surface area contributed by atoms with Crippen LogP contribution in [0.2, 0.25) is 0 Å². The first-order chi connectivity index (χ1) is 11.8. The maximum atomic E-state index is 12.2. The number of aromatic hydroxyl groups is 1. The van der Waals surface area contributed by atoms with E-state index in [0.717, 1.165) is 10.8 Å². The number of sulfonamides is 1. The van der Waals surface area contributed by atoms with E-state index in [1.54, 1.807) is 30.3 Å². The summed E-state index contributed by atoms with van der Waals surface area (Å²) in [7, 11) is -3.85. The molecule has 0 heterocycles. The average Bonchev–Trinajstić information content (AvgIpc) is 2.54. The molecule has 0 aliphatic heterocycles. The number of phenolic OH excluding ortho intramolecular Hbond substituents is 1. The third-order valence-corrected chi connectivity index (χ3v) is 4.44. The van der Waals surface area contributed by atoms with Crippen molar-refractivity contribution >= 4 is 38.2 Å². The summed E-state index contributed by atoms with van der Waals surface area (Å²) in [6.07, 6.45) is 0. The highest BCUT2D eigenvalue weighted by Crippen LogP contribution is 2.26. The number of phenols is 1. The van der Waals surface area contributed by atoms with Crippen molar-refractivity contribution in [1.82, 2.24) is 0 Å². The summed E-state index contributed by atoms with van der Waals surface area (Å²) in [6, 6.07) is 15.2. The van der Waals surface area contributed by atoms with Crippen LogP contribution in [0.4, 0.5) is 16.2 Å². The average molecular weight is 357 g/mol. The maximum Gasteiger partial charge on any atom is 0.323 e. The summed E-state index contributed by atoms with van der Waals surface area (Å²) in [4.78, 5) is 12.1. The van der Waals surface area contributed by atoms with Gasteiger partial charge >= 0.3 is 6.03 Å². The van der Waals surface area contributed by atoms with Crippen LogP contribution >= 0.6 is 0 Å². The van der Waals surface area contributed by atoms with E-state index in [1.807, 2.05) is 6.07 Å². The lowest BCUT2D eigenvalue weighted by atomic mass is 10.1. The van der Waals surface area contributed by atoms with Gasteiger partial charge in [0.05, 0.1) is 10.6 Å². The smallest absolute Gasteiger partial charge is 0.323 e. The zero-order valence-electron chi connectivity index (χ0n) is 12.9. The highest BCUT2D eigenvalue weighted by Gasteiger charge is 2.10. The summed E-state index contributed by atoms with van der Waals surface area (Å²) < 4.78 is 22.7. The zero-order valence-corrected chi connectivity index (χ0v) is 13.7. The van der Waals surface area contributed by atoms with E-state index < -0.39 is 16.1 Å². The molecular weight excluding hydrogens is 342 g/mol. The summed E-state index contributed by atoms with van der Waals surface area (Å²) in [5, 5.41) is 21.4. The lowest BCUT2D eigenvalue weighted by molar-refractivity contribution is 0.262. The number of nitrogens with two attached hydrogens (primary N) is 1. The molecule has 0 aliphatic rings. The standard InChI is InChI=1S/C17H15N3O4S/c18-25(23,24)14-5-2-4-12(10-14)19-17(22)20-16-6-1-3-11-9-13(21)7-8-15(11)16/h1-10,21H,(H2,18,23,24)(H2,19,20,22). The van der Waals surface area contributed by atoms with E-state index in [9.17, 15) is 18.3 Å². The van der Waals surface area contributed by atoms with Gasteiger partial charge in [0, 0.05) is 11.1 Å². The van der Waals surface area contributed by atoms with Crippen molar-refractivity contribution in [2.75, 3.05) is 10.6 Å². The summed E-state index contributed by atoms with van der Waals surface area (Å²) in [6.45, 7) is 0. The fraction of sp³-hybridized carbons (Fsp3) is 0. The molecule has 0 aromatic heterocycles. The minimum Gasteiger partial charge on any atom is -0.508 e. The Hall–Kier alpha value is -3.10. The molecule has 2 amide bonds. The van der Waals surface area contributed by atoms with Crippen LogP contribution in [0.25, 0.3) is 10.8 Å². The fourth-order valence-corrected chi connectivity index (χ4v) is 2.98. The van der Waals surface area contributed by atoms with Crippen LogP contribution in [0.5, 0.6) is 5.75 Å². The van der Waals surface area contributed by atoms with Gasteiger partial charge < -0.3 is 15.7 Å². The molecule has 5 N–H and O–H groups in total. The van der Waals surface area contributed by atoms with E-state index in [0.29, 0.717) is 11.4 Å². The van der Waals surface area contributed by atoms with Crippen LogP contribution in [-0.2, 0) is 10.0 Å². The van der Waals surface area contributed by atoms with Crippen molar-refractivity contribution in [2.24, 2.45) is 5.14 Å². The van der Waals surface area contributed by atoms with E-state index in [2.05, 4.69) is 10.6 Å². The van der Waals surface area contributed by atoms with Crippen molar-refractivity contribution in [3.8, 4) is 5.75 Å². The molecule has 0 radical (unpaired) electrons. The van der Waals surface area contributed by atoms with E-state index in [-0.39, 0.29) is 10.6 Å². The Kier molecular flexibility index (Phi) is 4.30. The number of primary sulfonamides is 1. The fourth-order valence-electron chi connectivity index (χ4n) is 2.42. The molecule has 0 aliphatic carbocycles.